The van der Waals surface area contributed by atoms with E-state index in [4.69, 9.17) is 0 Å². The van der Waals surface area contributed by atoms with Gasteiger partial charge >= 0.3 is 0 Å². The molecule has 156 valence electrons. The van der Waals surface area contributed by atoms with Crippen molar-refractivity contribution in [2.75, 3.05) is 0 Å². The van der Waals surface area contributed by atoms with Gasteiger partial charge in [-0.05, 0) is 36.4 Å². The van der Waals surface area contributed by atoms with Crippen molar-refractivity contribution < 1.29 is 26.7 Å². The van der Waals surface area contributed by atoms with Crippen molar-refractivity contribution in [1.29, 1.82) is 0 Å². The maximum Gasteiger partial charge on any atom is 0.211 e. The molecule has 8 heteroatoms. The second-order valence-electron chi connectivity index (χ2n) is 6.70. The molecule has 0 fully saturated rings. The van der Waals surface area contributed by atoms with Gasteiger partial charge in [0.1, 0.15) is 15.6 Å². The van der Waals surface area contributed by atoms with Crippen LogP contribution in [0.25, 0.3) is 5.76 Å². The number of allylic oxidation sites excluding steroid dienone is 8. The minimum atomic E-state index is -3.83. The molecule has 0 bridgehead atoms. The van der Waals surface area contributed by atoms with Crippen LogP contribution in [0, 0.1) is 0 Å². The van der Waals surface area contributed by atoms with Crippen LogP contribution in [0.4, 0.5) is 0 Å². The van der Waals surface area contributed by atoms with Crippen LogP contribution in [-0.4, -0.2) is 27.7 Å². The molecule has 0 saturated carbocycles. The second kappa shape index (κ2) is 7.64. The zero-order valence-corrected chi connectivity index (χ0v) is 17.6. The Labute approximate surface area is 179 Å². The molecule has 0 unspecified atom stereocenters. The van der Waals surface area contributed by atoms with Crippen molar-refractivity contribution in [2.24, 2.45) is 0 Å². The number of ketones is 1. The highest BCUT2D eigenvalue weighted by Crippen LogP contribution is 2.38. The summed E-state index contributed by atoms with van der Waals surface area (Å²) in [5.74, 6) is -0.845. The van der Waals surface area contributed by atoms with Gasteiger partial charge in [0.25, 0.3) is 0 Å². The van der Waals surface area contributed by atoms with Crippen molar-refractivity contribution in [3.8, 4) is 0 Å². The molecule has 1 N–H and O–H groups in total. The van der Waals surface area contributed by atoms with Crippen molar-refractivity contribution in [1.82, 2.24) is 0 Å². The first kappa shape index (κ1) is 20.8. The third kappa shape index (κ3) is 3.39. The van der Waals surface area contributed by atoms with E-state index < -0.39 is 25.5 Å². The standard InChI is InChI=1S/C23H16O6S2/c24-22-16-10-6-8-12-18(16)30(26,27)20(22)14-4-2-1-3-5-15-21-23(25)17-11-7-9-13-19(17)31(21,28)29/h1-15,24H/b2-1+,5-3+,14-4+,21-15-. The molecule has 6 nitrogen and oxygen atoms in total. The van der Waals surface area contributed by atoms with Gasteiger partial charge in [-0.3, -0.25) is 4.79 Å². The lowest BCUT2D eigenvalue weighted by Crippen LogP contribution is -2.01. The molecule has 0 aromatic heterocycles. The Morgan fingerprint density at radius 1 is 0.677 bits per heavy atom. The Balaban J connectivity index is 1.49. The summed E-state index contributed by atoms with van der Waals surface area (Å²) in [4.78, 5) is 11.9. The summed E-state index contributed by atoms with van der Waals surface area (Å²) in [6, 6.07) is 12.2. The lowest BCUT2D eigenvalue weighted by molar-refractivity contribution is 0.104. The number of hydrogen-bond acceptors (Lipinski definition) is 6. The van der Waals surface area contributed by atoms with Crippen LogP contribution in [0.5, 0.6) is 0 Å². The maximum atomic E-state index is 12.5. The van der Waals surface area contributed by atoms with Crippen LogP contribution < -0.4 is 0 Å². The third-order valence-corrected chi connectivity index (χ3v) is 8.51. The highest BCUT2D eigenvalue weighted by Gasteiger charge is 2.38. The number of fused-ring (bicyclic) bond motifs is 2. The number of rotatable bonds is 4. The van der Waals surface area contributed by atoms with Crippen LogP contribution in [0.15, 0.2) is 111 Å². The molecule has 2 heterocycles. The second-order valence-corrected chi connectivity index (χ2v) is 10.5. The van der Waals surface area contributed by atoms with Crippen molar-refractivity contribution in [3.63, 3.8) is 0 Å². The van der Waals surface area contributed by atoms with E-state index >= 15 is 0 Å². The molecule has 2 aliphatic heterocycles. The van der Waals surface area contributed by atoms with E-state index in [1.807, 2.05) is 0 Å². The molecule has 4 rings (SSSR count). The number of benzene rings is 2. The van der Waals surface area contributed by atoms with E-state index in [0.717, 1.165) is 0 Å². The summed E-state index contributed by atoms with van der Waals surface area (Å²) in [7, 11) is -7.60. The Kier molecular flexibility index (Phi) is 5.12. The fourth-order valence-electron chi connectivity index (χ4n) is 3.35. The van der Waals surface area contributed by atoms with Gasteiger partial charge in [0.05, 0.1) is 9.79 Å². The van der Waals surface area contributed by atoms with Crippen LogP contribution in [0.3, 0.4) is 0 Å². The van der Waals surface area contributed by atoms with Gasteiger partial charge in [-0.25, -0.2) is 16.8 Å². The largest absolute Gasteiger partial charge is 0.506 e. The number of hydrogen-bond donors (Lipinski definition) is 1. The van der Waals surface area contributed by atoms with E-state index in [0.29, 0.717) is 0 Å². The molecule has 2 aromatic carbocycles. The quantitative estimate of drug-likeness (QED) is 0.557. The van der Waals surface area contributed by atoms with Gasteiger partial charge < -0.3 is 5.11 Å². The number of sulfone groups is 2. The maximum absolute atomic E-state index is 12.5. The molecule has 0 aliphatic carbocycles. The molecule has 0 saturated heterocycles. The first-order chi connectivity index (χ1) is 14.8. The average Bonchev–Trinajstić information content (AvgIpc) is 3.07. The van der Waals surface area contributed by atoms with E-state index in [-0.39, 0.29) is 36.5 Å². The molecule has 0 atom stereocenters. The monoisotopic (exact) mass is 452 g/mol. The number of Topliss-reactive ketones (excluding diaryl/α,β-unsaturated/α-hetero) is 1. The summed E-state index contributed by atoms with van der Waals surface area (Å²) >= 11 is 0. The summed E-state index contributed by atoms with van der Waals surface area (Å²) in [6.45, 7) is 0. The highest BCUT2D eigenvalue weighted by molar-refractivity contribution is 7.97. The van der Waals surface area contributed by atoms with Gasteiger partial charge in [-0.2, -0.15) is 0 Å². The molecule has 0 amide bonds. The zero-order valence-electron chi connectivity index (χ0n) is 16.0. The van der Waals surface area contributed by atoms with E-state index in [1.54, 1.807) is 30.3 Å². The minimum Gasteiger partial charge on any atom is -0.506 e. The third-order valence-electron chi connectivity index (χ3n) is 4.83. The topological polar surface area (TPSA) is 106 Å². The lowest BCUT2D eigenvalue weighted by atomic mass is 10.1. The van der Waals surface area contributed by atoms with E-state index in [2.05, 4.69) is 0 Å². The summed E-state index contributed by atoms with van der Waals surface area (Å²) < 4.78 is 49.9. The summed E-state index contributed by atoms with van der Waals surface area (Å²) in [5, 5.41) is 10.2. The molecule has 2 aromatic rings. The van der Waals surface area contributed by atoms with Crippen molar-refractivity contribution in [3.05, 3.63) is 112 Å². The highest BCUT2D eigenvalue weighted by atomic mass is 32.2. The van der Waals surface area contributed by atoms with Crippen molar-refractivity contribution in [2.45, 2.75) is 9.79 Å². The number of carbonyl (C=O) groups excluding carboxylic acids is 1. The Morgan fingerprint density at radius 3 is 1.87 bits per heavy atom. The normalized spacial score (nSPS) is 20.4. The van der Waals surface area contributed by atoms with E-state index in [9.17, 15) is 26.7 Å². The van der Waals surface area contributed by atoms with Gasteiger partial charge in [0.15, 0.2) is 0 Å². The Bertz CT molecular complexity index is 1470. The molecular weight excluding hydrogens is 436 g/mol. The van der Waals surface area contributed by atoms with Gasteiger partial charge in [0, 0.05) is 11.1 Å². The van der Waals surface area contributed by atoms with Crippen molar-refractivity contribution >= 4 is 31.2 Å². The fourth-order valence-corrected chi connectivity index (χ4v) is 6.48. The van der Waals surface area contributed by atoms with Gasteiger partial charge in [0.2, 0.25) is 25.5 Å². The minimum absolute atomic E-state index is 0.00461. The smallest absolute Gasteiger partial charge is 0.211 e. The van der Waals surface area contributed by atoms with Gasteiger partial charge in [-0.15, -0.1) is 0 Å². The number of aliphatic hydroxyl groups excluding tert-OH is 1. The number of aliphatic hydroxyl groups is 1. The molecule has 0 spiro atoms. The SMILES string of the molecule is O=C1/C(=C/C=C/C=C/C=C/C2=C(O)c3ccccc3S2(=O)=O)S(=O)(=O)c2ccccc21. The zero-order chi connectivity index (χ0) is 22.2. The lowest BCUT2D eigenvalue weighted by Gasteiger charge is -1.97. The van der Waals surface area contributed by atoms with Crippen LogP contribution in [-0.2, 0) is 19.7 Å². The van der Waals surface area contributed by atoms with Crippen LogP contribution in [0.2, 0.25) is 0 Å². The first-order valence-corrected chi connectivity index (χ1v) is 12.1. The summed E-state index contributed by atoms with van der Waals surface area (Å²) in [6.07, 6.45) is 9.95. The molecule has 31 heavy (non-hydrogen) atoms. The first-order valence-electron chi connectivity index (χ1n) is 9.14. The molecule has 0 radical (unpaired) electrons. The fraction of sp³-hybridized carbons (Fsp3) is 0. The molecular formula is C23H16O6S2. The van der Waals surface area contributed by atoms with E-state index in [1.165, 1.54) is 60.7 Å². The predicted octanol–water partition coefficient (Wildman–Crippen LogP) is 3.92. The number of carbonyl (C=O) groups is 1. The Morgan fingerprint density at radius 2 is 1.23 bits per heavy atom. The van der Waals surface area contributed by atoms with Crippen LogP contribution in [0.1, 0.15) is 15.9 Å². The molecule has 2 aliphatic rings. The van der Waals surface area contributed by atoms with Gasteiger partial charge in [-0.1, -0.05) is 54.6 Å². The predicted molar refractivity (Wildman–Crippen MR) is 117 cm³/mol. The average molecular weight is 453 g/mol. The Hall–Kier alpha value is -3.49. The summed E-state index contributed by atoms with van der Waals surface area (Å²) in [5.41, 5.74) is 0.425. The van der Waals surface area contributed by atoms with Crippen LogP contribution >= 0.6 is 0 Å².